The molecule has 1 aromatic heterocycles. The van der Waals surface area contributed by atoms with Gasteiger partial charge in [0.15, 0.2) is 0 Å². The highest BCUT2D eigenvalue weighted by atomic mass is 16.3. The Balaban J connectivity index is 2.27. The van der Waals surface area contributed by atoms with Crippen molar-refractivity contribution < 1.29 is 5.11 Å². The first kappa shape index (κ1) is 13.3. The first-order valence-corrected chi connectivity index (χ1v) is 6.66. The van der Waals surface area contributed by atoms with Gasteiger partial charge in [-0.1, -0.05) is 6.92 Å². The second kappa shape index (κ2) is 5.67. The summed E-state index contributed by atoms with van der Waals surface area (Å²) in [6.07, 6.45) is 1.63. The Bertz CT molecular complexity index is 406. The molecule has 4 nitrogen and oxygen atoms in total. The van der Waals surface area contributed by atoms with Gasteiger partial charge in [-0.25, -0.2) is 0 Å². The highest BCUT2D eigenvalue weighted by molar-refractivity contribution is 5.52. The SMILES string of the molecule is CCc1ccc(N2CC[C@@H](O)C2)c(CN(C)C)n1. The molecular formula is C14H23N3O. The van der Waals surface area contributed by atoms with Crippen molar-refractivity contribution in [1.82, 2.24) is 9.88 Å². The molecule has 0 bridgehead atoms. The van der Waals surface area contributed by atoms with Crippen molar-refractivity contribution >= 4 is 5.69 Å². The van der Waals surface area contributed by atoms with Gasteiger partial charge in [0, 0.05) is 25.3 Å². The molecule has 0 spiro atoms. The monoisotopic (exact) mass is 249 g/mol. The zero-order valence-corrected chi connectivity index (χ0v) is 11.6. The van der Waals surface area contributed by atoms with Crippen LogP contribution in [0.5, 0.6) is 0 Å². The normalized spacial score (nSPS) is 19.8. The van der Waals surface area contributed by atoms with Crippen LogP contribution in [0.3, 0.4) is 0 Å². The molecule has 1 atom stereocenters. The number of aromatic nitrogens is 1. The summed E-state index contributed by atoms with van der Waals surface area (Å²) in [5.41, 5.74) is 3.43. The van der Waals surface area contributed by atoms with Crippen LogP contribution < -0.4 is 4.90 Å². The molecule has 0 aliphatic carbocycles. The van der Waals surface area contributed by atoms with Crippen molar-refractivity contribution in [3.8, 4) is 0 Å². The van der Waals surface area contributed by atoms with E-state index in [0.717, 1.165) is 43.9 Å². The fraction of sp³-hybridized carbons (Fsp3) is 0.643. The summed E-state index contributed by atoms with van der Waals surface area (Å²) in [7, 11) is 4.12. The minimum absolute atomic E-state index is 0.192. The van der Waals surface area contributed by atoms with E-state index in [9.17, 15) is 5.11 Å². The van der Waals surface area contributed by atoms with Gasteiger partial charge in [0.25, 0.3) is 0 Å². The maximum Gasteiger partial charge on any atom is 0.0779 e. The van der Waals surface area contributed by atoms with E-state index in [0.29, 0.717) is 0 Å². The van der Waals surface area contributed by atoms with Gasteiger partial charge in [-0.05, 0) is 39.1 Å². The lowest BCUT2D eigenvalue weighted by Gasteiger charge is -2.23. The van der Waals surface area contributed by atoms with Crippen molar-refractivity contribution in [2.24, 2.45) is 0 Å². The van der Waals surface area contributed by atoms with Crippen molar-refractivity contribution in [2.45, 2.75) is 32.4 Å². The number of anilines is 1. The summed E-state index contributed by atoms with van der Waals surface area (Å²) >= 11 is 0. The average molecular weight is 249 g/mol. The van der Waals surface area contributed by atoms with Gasteiger partial charge in [-0.3, -0.25) is 4.98 Å². The number of aliphatic hydroxyl groups excluding tert-OH is 1. The molecule has 2 rings (SSSR count). The van der Waals surface area contributed by atoms with Crippen molar-refractivity contribution in [2.75, 3.05) is 32.1 Å². The number of aryl methyl sites for hydroxylation is 1. The van der Waals surface area contributed by atoms with Crippen LogP contribution in [-0.2, 0) is 13.0 Å². The molecule has 2 heterocycles. The van der Waals surface area contributed by atoms with Gasteiger partial charge in [0.1, 0.15) is 0 Å². The Morgan fingerprint density at radius 3 is 2.78 bits per heavy atom. The van der Waals surface area contributed by atoms with E-state index in [1.807, 2.05) is 0 Å². The molecule has 0 aromatic carbocycles. The number of rotatable bonds is 4. The fourth-order valence-electron chi connectivity index (χ4n) is 2.40. The van der Waals surface area contributed by atoms with Gasteiger partial charge < -0.3 is 14.9 Å². The smallest absolute Gasteiger partial charge is 0.0779 e. The highest BCUT2D eigenvalue weighted by Crippen LogP contribution is 2.24. The van der Waals surface area contributed by atoms with Crippen molar-refractivity contribution in [3.63, 3.8) is 0 Å². The summed E-state index contributed by atoms with van der Waals surface area (Å²) in [5, 5.41) is 9.66. The first-order valence-electron chi connectivity index (χ1n) is 6.66. The molecule has 0 unspecified atom stereocenters. The number of nitrogens with zero attached hydrogens (tertiary/aromatic N) is 3. The summed E-state index contributed by atoms with van der Waals surface area (Å²) in [5.74, 6) is 0. The quantitative estimate of drug-likeness (QED) is 0.872. The van der Waals surface area contributed by atoms with Gasteiger partial charge in [-0.2, -0.15) is 0 Å². The summed E-state index contributed by atoms with van der Waals surface area (Å²) in [4.78, 5) is 9.12. The lowest BCUT2D eigenvalue weighted by atomic mass is 10.2. The van der Waals surface area contributed by atoms with E-state index >= 15 is 0 Å². The molecule has 0 amide bonds. The Morgan fingerprint density at radius 2 is 2.22 bits per heavy atom. The van der Waals surface area contributed by atoms with E-state index in [-0.39, 0.29) is 6.10 Å². The molecular weight excluding hydrogens is 226 g/mol. The molecule has 100 valence electrons. The molecule has 0 saturated carbocycles. The lowest BCUT2D eigenvalue weighted by Crippen LogP contribution is -2.24. The number of hydrogen-bond acceptors (Lipinski definition) is 4. The van der Waals surface area contributed by atoms with Crippen LogP contribution >= 0.6 is 0 Å². The van der Waals surface area contributed by atoms with Crippen LogP contribution in [0.2, 0.25) is 0 Å². The number of hydrogen-bond donors (Lipinski definition) is 1. The molecule has 1 aromatic rings. The maximum absolute atomic E-state index is 9.66. The molecule has 1 aliphatic rings. The van der Waals surface area contributed by atoms with Crippen LogP contribution in [-0.4, -0.2) is 48.3 Å². The minimum Gasteiger partial charge on any atom is -0.391 e. The van der Waals surface area contributed by atoms with Crippen molar-refractivity contribution in [1.29, 1.82) is 0 Å². The Labute approximate surface area is 109 Å². The molecule has 1 fully saturated rings. The van der Waals surface area contributed by atoms with E-state index in [1.165, 1.54) is 5.69 Å². The van der Waals surface area contributed by atoms with Crippen molar-refractivity contribution in [3.05, 3.63) is 23.5 Å². The average Bonchev–Trinajstić information content (AvgIpc) is 2.74. The summed E-state index contributed by atoms with van der Waals surface area (Å²) < 4.78 is 0. The number of β-amino-alcohol motifs (C(OH)–C–C–N with tert-alkyl or cyclic N) is 1. The predicted molar refractivity (Wildman–Crippen MR) is 73.8 cm³/mol. The third-order valence-corrected chi connectivity index (χ3v) is 3.34. The third-order valence-electron chi connectivity index (χ3n) is 3.34. The van der Waals surface area contributed by atoms with Crippen LogP contribution in [0.25, 0.3) is 0 Å². The number of pyridine rings is 1. The van der Waals surface area contributed by atoms with Crippen LogP contribution in [0.15, 0.2) is 12.1 Å². The Morgan fingerprint density at radius 1 is 1.44 bits per heavy atom. The molecule has 18 heavy (non-hydrogen) atoms. The number of aliphatic hydroxyl groups is 1. The van der Waals surface area contributed by atoms with E-state index in [2.05, 4.69) is 43.0 Å². The van der Waals surface area contributed by atoms with Gasteiger partial charge in [0.05, 0.1) is 17.5 Å². The summed E-state index contributed by atoms with van der Waals surface area (Å²) in [6, 6.07) is 4.25. The Kier molecular flexibility index (Phi) is 4.19. The molecule has 1 aliphatic heterocycles. The zero-order valence-electron chi connectivity index (χ0n) is 11.6. The largest absolute Gasteiger partial charge is 0.391 e. The lowest BCUT2D eigenvalue weighted by molar-refractivity contribution is 0.198. The van der Waals surface area contributed by atoms with Gasteiger partial charge >= 0.3 is 0 Å². The topological polar surface area (TPSA) is 39.6 Å². The first-order chi connectivity index (χ1) is 8.60. The molecule has 4 heteroatoms. The maximum atomic E-state index is 9.66. The molecule has 0 radical (unpaired) electrons. The van der Waals surface area contributed by atoms with Crippen LogP contribution in [0, 0.1) is 0 Å². The van der Waals surface area contributed by atoms with E-state index in [1.54, 1.807) is 0 Å². The fourth-order valence-corrected chi connectivity index (χ4v) is 2.40. The van der Waals surface area contributed by atoms with Gasteiger partial charge in [-0.15, -0.1) is 0 Å². The highest BCUT2D eigenvalue weighted by Gasteiger charge is 2.23. The van der Waals surface area contributed by atoms with Gasteiger partial charge in [0.2, 0.25) is 0 Å². The molecule has 1 saturated heterocycles. The standard InChI is InChI=1S/C14H23N3O/c1-4-11-5-6-14(13(15-11)10-16(2)3)17-8-7-12(18)9-17/h5-6,12,18H,4,7-10H2,1-3H3/t12-/m1/s1. The summed E-state index contributed by atoms with van der Waals surface area (Å²) in [6.45, 7) is 4.62. The van der Waals surface area contributed by atoms with E-state index in [4.69, 9.17) is 4.98 Å². The zero-order chi connectivity index (χ0) is 13.1. The second-order valence-corrected chi connectivity index (χ2v) is 5.25. The third kappa shape index (κ3) is 3.00. The minimum atomic E-state index is -0.192. The predicted octanol–water partition coefficient (Wildman–Crippen LogP) is 1.28. The van der Waals surface area contributed by atoms with Crippen LogP contribution in [0.4, 0.5) is 5.69 Å². The second-order valence-electron chi connectivity index (χ2n) is 5.25. The molecule has 1 N–H and O–H groups in total. The van der Waals surface area contributed by atoms with Crippen LogP contribution in [0.1, 0.15) is 24.7 Å². The van der Waals surface area contributed by atoms with E-state index < -0.39 is 0 Å². The Hall–Kier alpha value is -1.13.